The molecule has 5 N–H and O–H groups in total. The average Bonchev–Trinajstić information content (AvgIpc) is 1.61. The van der Waals surface area contributed by atoms with Crippen molar-refractivity contribution in [2.24, 2.45) is 17.8 Å². The second kappa shape index (κ2) is 30.6. The van der Waals surface area contributed by atoms with E-state index in [4.69, 9.17) is 41.0 Å². The lowest BCUT2D eigenvalue weighted by atomic mass is 9.98. The summed E-state index contributed by atoms with van der Waals surface area (Å²) >= 11 is 5.27. The first kappa shape index (κ1) is 82.6. The summed E-state index contributed by atoms with van der Waals surface area (Å²) in [6, 6.07) is 9.12. The summed E-state index contributed by atoms with van der Waals surface area (Å²) in [7, 11) is -8.30. The highest BCUT2D eigenvalue weighted by Crippen LogP contribution is 2.42. The van der Waals surface area contributed by atoms with Crippen molar-refractivity contribution in [3.8, 4) is 0 Å². The van der Waals surface area contributed by atoms with Gasteiger partial charge in [0.15, 0.2) is 35.2 Å². The van der Waals surface area contributed by atoms with E-state index in [2.05, 4.69) is 86.1 Å². The Balaban J connectivity index is 0.000000171. The fraction of sp³-hybridized carbons (Fsp3) is 0.507. The van der Waals surface area contributed by atoms with Crippen molar-refractivity contribution in [2.75, 3.05) is 62.4 Å². The fourth-order valence-corrected chi connectivity index (χ4v) is 16.5. The molecule has 0 saturated heterocycles. The van der Waals surface area contributed by atoms with Gasteiger partial charge in [0.05, 0.1) is 115 Å². The number of methoxy groups -OCH3 is 2. The number of ether oxygens (including phenoxy) is 2. The zero-order valence-corrected chi connectivity index (χ0v) is 66.2. The molecule has 12 rings (SSSR count). The van der Waals surface area contributed by atoms with Crippen LogP contribution >= 0.6 is 11.6 Å². The molecule has 6 aromatic heterocycles. The van der Waals surface area contributed by atoms with Gasteiger partial charge in [-0.15, -0.1) is 0 Å². The van der Waals surface area contributed by atoms with Crippen LogP contribution in [-0.2, 0) is 88.2 Å². The number of alkyl halides is 3. The molecule has 0 aliphatic carbocycles. The van der Waals surface area contributed by atoms with E-state index in [-0.39, 0.29) is 62.4 Å². The van der Waals surface area contributed by atoms with Crippen molar-refractivity contribution >= 4 is 98.0 Å². The van der Waals surface area contributed by atoms with E-state index in [1.165, 1.54) is 52.3 Å². The average molecular weight is 1570 g/mol. The van der Waals surface area contributed by atoms with Crippen molar-refractivity contribution < 1.29 is 77.9 Å². The van der Waals surface area contributed by atoms with Gasteiger partial charge in [0.1, 0.15) is 17.5 Å². The lowest BCUT2D eigenvalue weighted by Gasteiger charge is -2.38. The quantitative estimate of drug-likeness (QED) is 0.0500. The van der Waals surface area contributed by atoms with Gasteiger partial charge in [-0.3, -0.25) is 0 Å². The minimum Gasteiger partial charge on any atom is -0.465 e. The molecule has 0 saturated carbocycles. The minimum absolute atomic E-state index is 0.0239. The molecule has 3 aromatic carbocycles. The van der Waals surface area contributed by atoms with Crippen molar-refractivity contribution in [1.82, 2.24) is 63.9 Å². The third kappa shape index (κ3) is 17.4. The number of carbonyl (C=O) groups is 2. The zero-order chi connectivity index (χ0) is 79.7. The van der Waals surface area contributed by atoms with Crippen LogP contribution in [0.4, 0.5) is 25.1 Å². The summed E-state index contributed by atoms with van der Waals surface area (Å²) in [6.45, 7) is 29.0. The third-order valence-corrected chi connectivity index (χ3v) is 22.2. The largest absolute Gasteiger partial charge is 0.465 e. The van der Waals surface area contributed by atoms with Gasteiger partial charge in [-0.2, -0.15) is 13.2 Å². The normalized spacial score (nSPS) is 16.6. The predicted octanol–water partition coefficient (Wildman–Crippen LogP) is 9.15. The van der Waals surface area contributed by atoms with Crippen LogP contribution < -0.4 is 15.1 Å². The zero-order valence-electron chi connectivity index (χ0n) is 63.0. The van der Waals surface area contributed by atoms with Gasteiger partial charge >= 0.3 is 18.1 Å². The number of aromatic nitrogens is 12. The van der Waals surface area contributed by atoms with Gasteiger partial charge < -0.3 is 58.7 Å². The van der Waals surface area contributed by atoms with Crippen LogP contribution in [0.3, 0.4) is 0 Å². The molecular weight excluding hydrogens is 1480 g/mol. The number of hydrogen-bond donors (Lipinski definition) is 5. The highest BCUT2D eigenvalue weighted by Gasteiger charge is 2.42. The molecule has 0 fully saturated rings. The lowest BCUT2D eigenvalue weighted by Crippen LogP contribution is -2.42. The van der Waals surface area contributed by atoms with Gasteiger partial charge in [-0.25, -0.2) is 79.7 Å². The molecule has 9 heterocycles. The van der Waals surface area contributed by atoms with Crippen LogP contribution in [0.1, 0.15) is 179 Å². The number of hydrogen-bond acceptors (Lipinski definition) is 26. The molecular formula is C71H91ClF3N15O14S3. The monoisotopic (exact) mass is 1570 g/mol. The molecule has 0 amide bonds. The molecule has 36 heteroatoms. The Bertz CT molecular complexity index is 5280. The van der Waals surface area contributed by atoms with Crippen LogP contribution in [-0.4, -0.2) is 169 Å². The smallest absolute Gasteiger partial charge is 0.433 e. The van der Waals surface area contributed by atoms with E-state index in [1.54, 1.807) is 52.2 Å². The topological polar surface area (TPSA) is 385 Å². The van der Waals surface area contributed by atoms with Gasteiger partial charge in [-0.05, 0) is 127 Å². The molecule has 0 bridgehead atoms. The number of fused-ring (bicyclic) bond motifs is 9. The number of halogens is 4. The molecule has 580 valence electrons. The second-order valence-corrected chi connectivity index (χ2v) is 35.6. The molecule has 3 aliphatic rings. The number of aryl methyl sites for hydroxylation is 2. The Morgan fingerprint density at radius 3 is 1.26 bits per heavy atom. The van der Waals surface area contributed by atoms with Crippen molar-refractivity contribution in [3.63, 3.8) is 0 Å². The SMILES string of the molecule is CC(C)(O)c1cnc(Cl)nc1C(F)(F)F.COC(=O)c1cc2nc3n(c2cc1S(C)(=O)=O)CCN(c1ncc(C(C)(C)O)c(C)n1)[C@@H]3C(C)C.COC(=O)c1cc2nc3n(c2cc1S(C)(=O)=O)CCN[C@@H]3C(C)C.Cc1nc(N2CCn3c(nc4cc(CO)c(S(C)(=O)=O)cc43)C2C(C)C)ncc1C(C)(C)O. The number of benzene rings is 3. The molecule has 107 heavy (non-hydrogen) atoms. The number of esters is 2. The maximum absolute atomic E-state index is 12.5. The molecule has 3 aliphatic heterocycles. The van der Waals surface area contributed by atoms with Crippen LogP contribution in [0.5, 0.6) is 0 Å². The summed E-state index contributed by atoms with van der Waals surface area (Å²) in [5, 5.41) is 42.9. The Morgan fingerprint density at radius 2 is 0.916 bits per heavy atom. The van der Waals surface area contributed by atoms with E-state index < -0.39 is 81.0 Å². The summed E-state index contributed by atoms with van der Waals surface area (Å²) in [5.41, 5.74) is 1.63. The van der Waals surface area contributed by atoms with Crippen LogP contribution in [0, 0.1) is 31.6 Å². The van der Waals surface area contributed by atoms with Gasteiger partial charge in [-0.1, -0.05) is 41.5 Å². The Hall–Kier alpha value is -8.42. The number of sulfone groups is 3. The summed E-state index contributed by atoms with van der Waals surface area (Å²) in [5.74, 6) is 2.78. The van der Waals surface area contributed by atoms with E-state index in [0.29, 0.717) is 95.0 Å². The maximum atomic E-state index is 12.5. The maximum Gasteiger partial charge on any atom is 0.433 e. The number of anilines is 2. The van der Waals surface area contributed by atoms with Gasteiger partial charge in [0.25, 0.3) is 0 Å². The summed E-state index contributed by atoms with van der Waals surface area (Å²) in [4.78, 5) is 68.0. The Labute approximate surface area is 623 Å². The number of aliphatic hydroxyl groups excluding tert-OH is 1. The third-order valence-electron chi connectivity index (χ3n) is 18.6. The Kier molecular flexibility index (Phi) is 23.6. The number of imidazole rings is 3. The highest BCUT2D eigenvalue weighted by molar-refractivity contribution is 7.91. The number of rotatable bonds is 14. The van der Waals surface area contributed by atoms with E-state index in [9.17, 15) is 68.4 Å². The first-order chi connectivity index (χ1) is 49.4. The standard InChI is InChI=1S/C24H31N5O5S.C23H31N5O4S.C16H21N3O4S.C8H8ClF3N2O/c1-13(2)20-21-27-17-10-15(22(30)34-6)19(35(7,32)33)11-18(17)28(21)8-9-29(20)23-25-12-16(14(3)26-23)24(4,5)31;1-13(2)20-21-26-17-9-15(12-29)19(33(6,31)32)10-18(17)27(21)7-8-28(20)22-24-11-16(14(3)25-22)23(4,5)30;1-9(2)14-15-18-11-7-10(16(20)23-3)13(24(4,21)22)8-12(11)19(15)6-5-17-14;1-7(2,15)4-3-13-6(9)14-5(4)8(10,11)12/h10-13,20,31H,8-9H2,1-7H3;9-11,13,20,29-30H,7-8,12H2,1-6H3;7-9,14,17H,5-6H2,1-4H3;3,15H,1-2H3/t20-;;14-;/m1.1./s1. The minimum atomic E-state index is -4.66. The predicted molar refractivity (Wildman–Crippen MR) is 394 cm³/mol. The van der Waals surface area contributed by atoms with E-state index in [1.807, 2.05) is 23.0 Å². The van der Waals surface area contributed by atoms with Gasteiger partial charge in [0.2, 0.25) is 17.2 Å². The number of nitrogens with one attached hydrogen (secondary N) is 1. The Morgan fingerprint density at radius 1 is 0.542 bits per heavy atom. The van der Waals surface area contributed by atoms with Crippen molar-refractivity contribution in [2.45, 2.75) is 179 Å². The first-order valence-corrected chi connectivity index (χ1v) is 40.2. The molecule has 1 unspecified atom stereocenters. The lowest BCUT2D eigenvalue weighted by molar-refractivity contribution is -0.144. The fourth-order valence-electron chi connectivity index (χ4n) is 13.7. The summed E-state index contributed by atoms with van der Waals surface area (Å²) in [6.07, 6.45) is 2.86. The molecule has 9 aromatic rings. The molecule has 29 nitrogen and oxygen atoms in total. The molecule has 0 spiro atoms. The van der Waals surface area contributed by atoms with Gasteiger partial charge in [0, 0.05) is 105 Å². The number of aliphatic hydroxyl groups is 4. The number of nitrogens with zero attached hydrogens (tertiary/aromatic N) is 14. The molecule has 3 atom stereocenters. The number of carbonyl (C=O) groups excluding carboxylic acids is 2. The van der Waals surface area contributed by atoms with Crippen molar-refractivity contribution in [3.05, 3.63) is 128 Å². The summed E-state index contributed by atoms with van der Waals surface area (Å²) < 4.78 is 127. The second-order valence-electron chi connectivity index (χ2n) is 29.3. The van der Waals surface area contributed by atoms with E-state index >= 15 is 0 Å². The molecule has 0 radical (unpaired) electrons. The first-order valence-electron chi connectivity index (χ1n) is 34.1. The van der Waals surface area contributed by atoms with Crippen LogP contribution in [0.15, 0.2) is 69.7 Å². The van der Waals surface area contributed by atoms with Crippen LogP contribution in [0.25, 0.3) is 33.1 Å². The highest BCUT2D eigenvalue weighted by atomic mass is 35.5. The van der Waals surface area contributed by atoms with E-state index in [0.717, 1.165) is 65.7 Å². The van der Waals surface area contributed by atoms with Crippen molar-refractivity contribution in [1.29, 1.82) is 0 Å². The van der Waals surface area contributed by atoms with Crippen LogP contribution in [0.2, 0.25) is 5.28 Å².